The fourth-order valence-corrected chi connectivity index (χ4v) is 1.65. The van der Waals surface area contributed by atoms with Crippen LogP contribution in [0.5, 0.6) is 0 Å². The van der Waals surface area contributed by atoms with Crippen molar-refractivity contribution < 1.29 is 0 Å². The molecule has 0 aliphatic rings. The molecule has 0 N–H and O–H groups in total. The molecule has 12 heavy (non-hydrogen) atoms. The normalized spacial score (nSPS) is 10.1. The van der Waals surface area contributed by atoms with Crippen LogP contribution in [-0.4, -0.2) is 9.97 Å². The molecule has 60 valence electrons. The fraction of sp³-hybridized carbons (Fsp3) is 0. The summed E-state index contributed by atoms with van der Waals surface area (Å²) in [4.78, 5) is 8.05. The second-order valence-electron chi connectivity index (χ2n) is 2.24. The smallest absolute Gasteiger partial charge is 0.129 e. The van der Waals surface area contributed by atoms with Crippen molar-refractivity contribution in [3.8, 4) is 11.3 Å². The zero-order valence-corrected chi connectivity index (χ0v) is 7.64. The summed E-state index contributed by atoms with van der Waals surface area (Å²) in [7, 11) is 0. The highest BCUT2D eigenvalue weighted by Crippen LogP contribution is 2.20. The first-order chi connectivity index (χ1) is 5.86. The maximum Gasteiger partial charge on any atom is 0.129 e. The van der Waals surface area contributed by atoms with Crippen molar-refractivity contribution in [1.29, 1.82) is 0 Å². The molecule has 2 heterocycles. The average molecular weight is 197 g/mol. The first-order valence-electron chi connectivity index (χ1n) is 3.36. The Bertz CT molecular complexity index is 372. The fourth-order valence-electron chi connectivity index (χ4n) is 0.917. The predicted octanol–water partition coefficient (Wildman–Crippen LogP) is 2.86. The molecule has 0 saturated heterocycles. The zero-order chi connectivity index (χ0) is 8.39. The van der Waals surface area contributed by atoms with Crippen LogP contribution in [0.2, 0.25) is 5.15 Å². The van der Waals surface area contributed by atoms with E-state index in [0.29, 0.717) is 5.15 Å². The van der Waals surface area contributed by atoms with E-state index in [9.17, 15) is 0 Å². The van der Waals surface area contributed by atoms with Gasteiger partial charge in [0.1, 0.15) is 5.15 Å². The van der Waals surface area contributed by atoms with Gasteiger partial charge < -0.3 is 0 Å². The Kier molecular flexibility index (Phi) is 2.06. The Morgan fingerprint density at radius 1 is 1.33 bits per heavy atom. The summed E-state index contributed by atoms with van der Waals surface area (Å²) >= 11 is 7.29. The van der Waals surface area contributed by atoms with Crippen LogP contribution < -0.4 is 0 Å². The Morgan fingerprint density at radius 3 is 2.92 bits per heavy atom. The molecule has 0 bridgehead atoms. The summed E-state index contributed by atoms with van der Waals surface area (Å²) in [6.45, 7) is 0. The molecule has 0 amide bonds. The highest BCUT2D eigenvalue weighted by molar-refractivity contribution is 7.07. The van der Waals surface area contributed by atoms with Crippen LogP contribution in [0.15, 0.2) is 29.2 Å². The summed E-state index contributed by atoms with van der Waals surface area (Å²) in [5.41, 5.74) is 3.75. The lowest BCUT2D eigenvalue weighted by atomic mass is 10.2. The lowest BCUT2D eigenvalue weighted by Crippen LogP contribution is -1.78. The zero-order valence-electron chi connectivity index (χ0n) is 6.07. The van der Waals surface area contributed by atoms with E-state index in [-0.39, 0.29) is 0 Å². The molecule has 2 aromatic heterocycles. The van der Waals surface area contributed by atoms with Crippen molar-refractivity contribution in [2.24, 2.45) is 0 Å². The first kappa shape index (κ1) is 7.71. The minimum absolute atomic E-state index is 0.500. The van der Waals surface area contributed by atoms with Gasteiger partial charge in [-0.25, -0.2) is 9.97 Å². The van der Waals surface area contributed by atoms with Crippen molar-refractivity contribution in [3.63, 3.8) is 0 Å². The largest absolute Gasteiger partial charge is 0.245 e. The molecule has 0 radical (unpaired) electrons. The molecule has 0 atom stereocenters. The second kappa shape index (κ2) is 3.21. The maximum absolute atomic E-state index is 5.73. The third kappa shape index (κ3) is 1.47. The van der Waals surface area contributed by atoms with Gasteiger partial charge in [0.2, 0.25) is 0 Å². The number of hydrogen-bond acceptors (Lipinski definition) is 3. The standard InChI is InChI=1S/C8H5ClN2S/c9-8-3-6(1-2-10-8)7-4-12-5-11-7/h1-5H. The Labute approximate surface area is 78.9 Å². The van der Waals surface area contributed by atoms with E-state index < -0.39 is 0 Å². The highest BCUT2D eigenvalue weighted by Gasteiger charge is 1.99. The van der Waals surface area contributed by atoms with Crippen LogP contribution in [0.3, 0.4) is 0 Å². The average Bonchev–Trinajstić information content (AvgIpc) is 2.56. The van der Waals surface area contributed by atoms with Crippen LogP contribution in [0, 0.1) is 0 Å². The van der Waals surface area contributed by atoms with Gasteiger partial charge in [0.25, 0.3) is 0 Å². The minimum Gasteiger partial charge on any atom is -0.245 e. The lowest BCUT2D eigenvalue weighted by molar-refractivity contribution is 1.31. The van der Waals surface area contributed by atoms with Crippen LogP contribution in [-0.2, 0) is 0 Å². The van der Waals surface area contributed by atoms with E-state index in [1.165, 1.54) is 0 Å². The second-order valence-corrected chi connectivity index (χ2v) is 3.35. The van der Waals surface area contributed by atoms with Crippen molar-refractivity contribution >= 4 is 22.9 Å². The van der Waals surface area contributed by atoms with E-state index in [1.807, 2.05) is 11.4 Å². The SMILES string of the molecule is Clc1cc(-c2cscn2)ccn1. The number of pyridine rings is 1. The number of thiazole rings is 1. The van der Waals surface area contributed by atoms with Gasteiger partial charge in [0.15, 0.2) is 0 Å². The molecule has 2 rings (SSSR count). The molecule has 2 nitrogen and oxygen atoms in total. The van der Waals surface area contributed by atoms with Gasteiger partial charge in [0, 0.05) is 17.1 Å². The number of halogens is 1. The molecular weight excluding hydrogens is 192 g/mol. The maximum atomic E-state index is 5.73. The molecule has 0 spiro atoms. The summed E-state index contributed by atoms with van der Waals surface area (Å²) < 4.78 is 0. The van der Waals surface area contributed by atoms with Gasteiger partial charge in [-0.15, -0.1) is 11.3 Å². The molecule has 0 unspecified atom stereocenters. The van der Waals surface area contributed by atoms with Gasteiger partial charge in [-0.3, -0.25) is 0 Å². The third-order valence-corrected chi connectivity index (χ3v) is 2.25. The van der Waals surface area contributed by atoms with E-state index >= 15 is 0 Å². The first-order valence-corrected chi connectivity index (χ1v) is 4.68. The Hall–Kier alpha value is -0.930. The van der Waals surface area contributed by atoms with Crippen molar-refractivity contribution in [3.05, 3.63) is 34.4 Å². The molecule has 0 aromatic carbocycles. The van der Waals surface area contributed by atoms with E-state index in [1.54, 1.807) is 29.1 Å². The number of aromatic nitrogens is 2. The molecule has 2 aromatic rings. The van der Waals surface area contributed by atoms with E-state index in [0.717, 1.165) is 11.3 Å². The minimum atomic E-state index is 0.500. The monoisotopic (exact) mass is 196 g/mol. The Morgan fingerprint density at radius 2 is 2.25 bits per heavy atom. The quantitative estimate of drug-likeness (QED) is 0.656. The lowest BCUT2D eigenvalue weighted by Gasteiger charge is -1.94. The van der Waals surface area contributed by atoms with Crippen LogP contribution >= 0.6 is 22.9 Å². The van der Waals surface area contributed by atoms with Gasteiger partial charge in [-0.2, -0.15) is 0 Å². The summed E-state index contributed by atoms with van der Waals surface area (Å²) in [6, 6.07) is 3.69. The summed E-state index contributed by atoms with van der Waals surface area (Å²) in [5, 5.41) is 2.48. The van der Waals surface area contributed by atoms with E-state index in [2.05, 4.69) is 9.97 Å². The molecule has 0 saturated carbocycles. The molecule has 0 fully saturated rings. The van der Waals surface area contributed by atoms with Crippen LogP contribution in [0.1, 0.15) is 0 Å². The highest BCUT2D eigenvalue weighted by atomic mass is 35.5. The van der Waals surface area contributed by atoms with Gasteiger partial charge in [-0.05, 0) is 12.1 Å². The topological polar surface area (TPSA) is 25.8 Å². The van der Waals surface area contributed by atoms with Crippen LogP contribution in [0.4, 0.5) is 0 Å². The molecule has 4 heteroatoms. The number of nitrogens with zero attached hydrogens (tertiary/aromatic N) is 2. The summed E-state index contributed by atoms with van der Waals surface area (Å²) in [6.07, 6.45) is 1.68. The van der Waals surface area contributed by atoms with Gasteiger partial charge in [-0.1, -0.05) is 11.6 Å². The van der Waals surface area contributed by atoms with Gasteiger partial charge >= 0.3 is 0 Å². The molecule has 0 aliphatic carbocycles. The van der Waals surface area contributed by atoms with Crippen molar-refractivity contribution in [2.45, 2.75) is 0 Å². The Balaban J connectivity index is 2.48. The van der Waals surface area contributed by atoms with Crippen LogP contribution in [0.25, 0.3) is 11.3 Å². The van der Waals surface area contributed by atoms with Crippen molar-refractivity contribution in [2.75, 3.05) is 0 Å². The van der Waals surface area contributed by atoms with E-state index in [4.69, 9.17) is 11.6 Å². The third-order valence-electron chi connectivity index (χ3n) is 1.45. The molecule has 0 aliphatic heterocycles. The number of rotatable bonds is 1. The van der Waals surface area contributed by atoms with Crippen molar-refractivity contribution in [1.82, 2.24) is 9.97 Å². The predicted molar refractivity (Wildman–Crippen MR) is 50.4 cm³/mol. The summed E-state index contributed by atoms with van der Waals surface area (Å²) in [5.74, 6) is 0. The number of hydrogen-bond donors (Lipinski definition) is 0. The van der Waals surface area contributed by atoms with Gasteiger partial charge in [0.05, 0.1) is 11.2 Å². The molecular formula is C8H5ClN2S.